The van der Waals surface area contributed by atoms with Gasteiger partial charge >= 0.3 is 0 Å². The molecule has 1 fully saturated rings. The van der Waals surface area contributed by atoms with Gasteiger partial charge in [0.2, 0.25) is 5.91 Å². The van der Waals surface area contributed by atoms with Gasteiger partial charge in [0, 0.05) is 25.3 Å². The monoisotopic (exact) mass is 398 g/mol. The molecule has 0 bridgehead atoms. The SMILES string of the molecule is CCCOc1ccc(N2CCCC2)cc1.CCNC(=O)C(C)c1ccc(O)cc1. The van der Waals surface area contributed by atoms with E-state index >= 15 is 0 Å². The topological polar surface area (TPSA) is 61.8 Å². The zero-order valence-corrected chi connectivity index (χ0v) is 17.9. The lowest BCUT2D eigenvalue weighted by Crippen LogP contribution is -2.27. The van der Waals surface area contributed by atoms with Crippen LogP contribution in [0.15, 0.2) is 48.5 Å². The summed E-state index contributed by atoms with van der Waals surface area (Å²) in [7, 11) is 0. The van der Waals surface area contributed by atoms with Gasteiger partial charge in [-0.25, -0.2) is 0 Å². The molecule has 0 radical (unpaired) electrons. The fraction of sp³-hybridized carbons (Fsp3) is 0.458. The quantitative estimate of drug-likeness (QED) is 0.709. The Kier molecular flexibility index (Phi) is 9.35. The molecule has 2 aromatic carbocycles. The first-order chi connectivity index (χ1) is 14.0. The number of hydrogen-bond donors (Lipinski definition) is 2. The molecule has 5 heteroatoms. The van der Waals surface area contributed by atoms with E-state index in [1.54, 1.807) is 24.3 Å². The number of hydrogen-bond acceptors (Lipinski definition) is 4. The molecule has 5 nitrogen and oxygen atoms in total. The number of aromatic hydroxyl groups is 1. The third-order valence-electron chi connectivity index (χ3n) is 4.92. The first-order valence-electron chi connectivity index (χ1n) is 10.6. The number of ether oxygens (including phenoxy) is 1. The Balaban J connectivity index is 0.000000208. The molecule has 2 aromatic rings. The second-order valence-corrected chi connectivity index (χ2v) is 7.24. The number of amides is 1. The van der Waals surface area contributed by atoms with Gasteiger partial charge in [-0.2, -0.15) is 0 Å². The molecule has 0 aromatic heterocycles. The van der Waals surface area contributed by atoms with Crippen molar-refractivity contribution in [1.29, 1.82) is 0 Å². The Morgan fingerprint density at radius 3 is 2.24 bits per heavy atom. The Bertz CT molecular complexity index is 723. The van der Waals surface area contributed by atoms with Crippen LogP contribution < -0.4 is 15.0 Å². The predicted molar refractivity (Wildman–Crippen MR) is 119 cm³/mol. The van der Waals surface area contributed by atoms with Crippen molar-refractivity contribution in [3.8, 4) is 11.5 Å². The minimum Gasteiger partial charge on any atom is -0.508 e. The van der Waals surface area contributed by atoms with E-state index in [4.69, 9.17) is 9.84 Å². The van der Waals surface area contributed by atoms with Gasteiger partial charge in [-0.1, -0.05) is 19.1 Å². The molecule has 2 N–H and O–H groups in total. The molecule has 1 heterocycles. The van der Waals surface area contributed by atoms with Gasteiger partial charge in [-0.15, -0.1) is 0 Å². The molecule has 0 aliphatic carbocycles. The van der Waals surface area contributed by atoms with Crippen LogP contribution in [0.3, 0.4) is 0 Å². The fourth-order valence-electron chi connectivity index (χ4n) is 3.19. The van der Waals surface area contributed by atoms with Gasteiger partial charge in [-0.05, 0) is 75.1 Å². The van der Waals surface area contributed by atoms with Crippen molar-refractivity contribution in [3.63, 3.8) is 0 Å². The van der Waals surface area contributed by atoms with Crippen LogP contribution in [0.25, 0.3) is 0 Å². The van der Waals surface area contributed by atoms with Crippen molar-refractivity contribution in [2.45, 2.75) is 46.0 Å². The van der Waals surface area contributed by atoms with Crippen molar-refractivity contribution in [2.75, 3.05) is 31.1 Å². The molecule has 3 rings (SSSR count). The summed E-state index contributed by atoms with van der Waals surface area (Å²) in [5.74, 6) is 1.05. The largest absolute Gasteiger partial charge is 0.508 e. The number of carbonyl (C=O) groups is 1. The highest BCUT2D eigenvalue weighted by Crippen LogP contribution is 2.23. The molecule has 1 unspecified atom stereocenters. The number of phenolic OH excluding ortho intramolecular Hbond substituents is 1. The number of likely N-dealkylation sites (N-methyl/N-ethyl adjacent to an activating group) is 1. The van der Waals surface area contributed by atoms with E-state index in [2.05, 4.69) is 41.4 Å². The molecular weight excluding hydrogens is 364 g/mol. The van der Waals surface area contributed by atoms with Crippen LogP contribution in [0, 0.1) is 0 Å². The van der Waals surface area contributed by atoms with Crippen LogP contribution in [0.1, 0.15) is 51.5 Å². The van der Waals surface area contributed by atoms with Gasteiger partial charge in [0.1, 0.15) is 11.5 Å². The van der Waals surface area contributed by atoms with Crippen LogP contribution in [-0.2, 0) is 4.79 Å². The molecule has 1 aliphatic rings. The number of benzene rings is 2. The molecule has 0 spiro atoms. The summed E-state index contributed by atoms with van der Waals surface area (Å²) in [6.07, 6.45) is 3.72. The van der Waals surface area contributed by atoms with Gasteiger partial charge in [0.25, 0.3) is 0 Å². The van der Waals surface area contributed by atoms with E-state index < -0.39 is 0 Å². The average Bonchev–Trinajstić information content (AvgIpc) is 3.28. The minimum atomic E-state index is -0.171. The lowest BCUT2D eigenvalue weighted by Gasteiger charge is -2.17. The number of nitrogens with zero attached hydrogens (tertiary/aromatic N) is 1. The smallest absolute Gasteiger partial charge is 0.227 e. The Hall–Kier alpha value is -2.69. The van der Waals surface area contributed by atoms with Gasteiger partial charge in [-0.3, -0.25) is 4.79 Å². The standard InChI is InChI=1S/C13H19NO.C11H15NO2/c1-2-11-15-13-7-5-12(6-8-13)14-9-3-4-10-14;1-3-12-11(14)8(2)9-4-6-10(13)7-5-9/h5-8H,2-4,9-11H2,1H3;4-8,13H,3H2,1-2H3,(H,12,14). The van der Waals surface area contributed by atoms with Gasteiger partial charge < -0.3 is 20.1 Å². The lowest BCUT2D eigenvalue weighted by atomic mass is 10.0. The van der Waals surface area contributed by atoms with E-state index in [9.17, 15) is 4.79 Å². The zero-order valence-electron chi connectivity index (χ0n) is 17.9. The number of phenols is 1. The maximum Gasteiger partial charge on any atom is 0.227 e. The summed E-state index contributed by atoms with van der Waals surface area (Å²) in [5, 5.41) is 11.8. The Labute approximate surface area is 174 Å². The van der Waals surface area contributed by atoms with E-state index in [-0.39, 0.29) is 17.6 Å². The molecule has 29 heavy (non-hydrogen) atoms. The fourth-order valence-corrected chi connectivity index (χ4v) is 3.19. The van der Waals surface area contributed by atoms with Crippen LogP contribution in [0.4, 0.5) is 5.69 Å². The number of carbonyl (C=O) groups excluding carboxylic acids is 1. The van der Waals surface area contributed by atoms with Crippen molar-refractivity contribution in [1.82, 2.24) is 5.32 Å². The van der Waals surface area contributed by atoms with E-state index in [1.807, 2.05) is 13.8 Å². The third-order valence-corrected chi connectivity index (χ3v) is 4.92. The molecule has 1 aliphatic heterocycles. The van der Waals surface area contributed by atoms with E-state index in [0.717, 1.165) is 24.3 Å². The summed E-state index contributed by atoms with van der Waals surface area (Å²) in [6.45, 7) is 9.71. The molecule has 1 amide bonds. The molecular formula is C24H34N2O3. The normalized spacial score (nSPS) is 14.0. The highest BCUT2D eigenvalue weighted by Gasteiger charge is 2.13. The van der Waals surface area contributed by atoms with Crippen LogP contribution in [0.2, 0.25) is 0 Å². The predicted octanol–water partition coefficient (Wildman–Crippen LogP) is 4.71. The number of rotatable bonds is 7. The van der Waals surface area contributed by atoms with E-state index in [0.29, 0.717) is 6.54 Å². The maximum atomic E-state index is 11.5. The highest BCUT2D eigenvalue weighted by molar-refractivity contribution is 5.83. The number of anilines is 1. The molecule has 0 saturated carbocycles. The summed E-state index contributed by atoms with van der Waals surface area (Å²) in [6, 6.07) is 15.2. The van der Waals surface area contributed by atoms with Crippen molar-refractivity contribution >= 4 is 11.6 Å². The van der Waals surface area contributed by atoms with Gasteiger partial charge in [0.15, 0.2) is 0 Å². The maximum absolute atomic E-state index is 11.5. The minimum absolute atomic E-state index is 0.0122. The lowest BCUT2D eigenvalue weighted by molar-refractivity contribution is -0.122. The summed E-state index contributed by atoms with van der Waals surface area (Å²) in [5.41, 5.74) is 2.24. The van der Waals surface area contributed by atoms with Crippen molar-refractivity contribution in [3.05, 3.63) is 54.1 Å². The highest BCUT2D eigenvalue weighted by atomic mass is 16.5. The summed E-state index contributed by atoms with van der Waals surface area (Å²) in [4.78, 5) is 13.9. The van der Waals surface area contributed by atoms with Crippen molar-refractivity contribution in [2.24, 2.45) is 0 Å². The Morgan fingerprint density at radius 1 is 1.07 bits per heavy atom. The zero-order chi connectivity index (χ0) is 21.1. The second-order valence-electron chi connectivity index (χ2n) is 7.24. The Morgan fingerprint density at radius 2 is 1.69 bits per heavy atom. The van der Waals surface area contributed by atoms with Gasteiger partial charge in [0.05, 0.1) is 12.5 Å². The summed E-state index contributed by atoms with van der Waals surface area (Å²) < 4.78 is 5.55. The number of nitrogens with one attached hydrogen (secondary N) is 1. The average molecular weight is 399 g/mol. The molecule has 1 atom stereocenters. The summed E-state index contributed by atoms with van der Waals surface area (Å²) >= 11 is 0. The molecule has 1 saturated heterocycles. The third kappa shape index (κ3) is 7.33. The van der Waals surface area contributed by atoms with Crippen molar-refractivity contribution < 1.29 is 14.6 Å². The second kappa shape index (κ2) is 12.0. The molecule has 158 valence electrons. The van der Waals surface area contributed by atoms with Crippen LogP contribution >= 0.6 is 0 Å². The van der Waals surface area contributed by atoms with Crippen LogP contribution in [0.5, 0.6) is 11.5 Å². The van der Waals surface area contributed by atoms with E-state index in [1.165, 1.54) is 31.6 Å². The first-order valence-corrected chi connectivity index (χ1v) is 10.6. The first kappa shape index (κ1) is 22.6. The van der Waals surface area contributed by atoms with Crippen LogP contribution in [-0.4, -0.2) is 37.3 Å².